The summed E-state index contributed by atoms with van der Waals surface area (Å²) in [7, 11) is 1.80. The number of rotatable bonds is 1. The number of likely N-dealkylation sites (tertiary alicyclic amines) is 1. The van der Waals surface area contributed by atoms with Crippen LogP contribution in [0.1, 0.15) is 35.4 Å². The van der Waals surface area contributed by atoms with E-state index in [1.54, 1.807) is 24.0 Å². The molecule has 0 bridgehead atoms. The van der Waals surface area contributed by atoms with Crippen molar-refractivity contribution in [3.8, 4) is 5.69 Å². The van der Waals surface area contributed by atoms with Gasteiger partial charge in [-0.1, -0.05) is 11.6 Å². The number of piperidine rings is 1. The molecule has 8 heteroatoms. The van der Waals surface area contributed by atoms with Gasteiger partial charge in [-0.3, -0.25) is 9.48 Å². The van der Waals surface area contributed by atoms with Crippen LogP contribution < -0.4 is 5.32 Å². The number of aromatic nitrogens is 3. The van der Waals surface area contributed by atoms with Crippen molar-refractivity contribution in [2.24, 2.45) is 7.05 Å². The van der Waals surface area contributed by atoms with Gasteiger partial charge in [0.15, 0.2) is 0 Å². The molecule has 2 fully saturated rings. The van der Waals surface area contributed by atoms with Crippen molar-refractivity contribution in [3.63, 3.8) is 0 Å². The highest BCUT2D eigenvalue weighted by molar-refractivity contribution is 6.31. The second kappa shape index (κ2) is 6.61. The van der Waals surface area contributed by atoms with Crippen LogP contribution in [0.2, 0.25) is 5.02 Å². The number of hydrogen-bond acceptors (Lipinski definition) is 4. The Morgan fingerprint density at radius 3 is 2.84 bits per heavy atom. The minimum Gasteiger partial charge on any atom is -0.372 e. The highest BCUT2D eigenvalue weighted by atomic mass is 35.5. The zero-order valence-electron chi connectivity index (χ0n) is 17.3. The fraction of sp³-hybridized carbons (Fsp3) is 0.391. The molecule has 0 saturated carbocycles. The Hall–Kier alpha value is -2.77. The molecule has 1 atom stereocenters. The lowest BCUT2D eigenvalue weighted by Crippen LogP contribution is -2.48. The van der Waals surface area contributed by atoms with Crippen LogP contribution in [0.25, 0.3) is 5.69 Å². The first-order valence-electron chi connectivity index (χ1n) is 10.7. The first-order valence-corrected chi connectivity index (χ1v) is 11.0. The van der Waals surface area contributed by atoms with Crippen LogP contribution in [0.15, 0.2) is 48.8 Å². The molecule has 3 aliphatic rings. The van der Waals surface area contributed by atoms with Gasteiger partial charge in [-0.25, -0.2) is 0 Å². The van der Waals surface area contributed by atoms with Gasteiger partial charge in [0.05, 0.1) is 29.3 Å². The summed E-state index contributed by atoms with van der Waals surface area (Å²) in [5, 5.41) is 8.61. The Morgan fingerprint density at radius 2 is 2.06 bits per heavy atom. The summed E-state index contributed by atoms with van der Waals surface area (Å²) in [6, 6.07) is 12.0. The standard InChI is InChI=1S/C23H24ClN5O2/c1-27-19(6-9-25-27)21(30)28-11-7-22(8-12-28)14-23(15-31-22)20-3-2-10-29(20)18-5-4-16(24)13-17(18)26-23/h2-6,9-10,13,26H,7-8,11-12,14-15H2,1H3. The maximum absolute atomic E-state index is 12.9. The first-order chi connectivity index (χ1) is 15.0. The number of anilines is 1. The molecule has 160 valence electrons. The average Bonchev–Trinajstić information content (AvgIpc) is 3.49. The Labute approximate surface area is 185 Å². The Morgan fingerprint density at radius 1 is 1.23 bits per heavy atom. The number of nitrogens with zero attached hydrogens (tertiary/aromatic N) is 4. The van der Waals surface area contributed by atoms with Crippen LogP contribution in [-0.4, -0.2) is 50.5 Å². The fourth-order valence-electron chi connectivity index (χ4n) is 5.48. The van der Waals surface area contributed by atoms with Gasteiger partial charge in [0, 0.05) is 44.0 Å². The van der Waals surface area contributed by atoms with E-state index >= 15 is 0 Å². The van der Waals surface area contributed by atoms with Gasteiger partial charge in [0.1, 0.15) is 11.2 Å². The third-order valence-electron chi connectivity index (χ3n) is 7.08. The summed E-state index contributed by atoms with van der Waals surface area (Å²) in [6.45, 7) is 1.96. The zero-order chi connectivity index (χ0) is 21.2. The Bertz CT molecular complexity index is 1180. The highest BCUT2D eigenvalue weighted by Gasteiger charge is 2.54. The second-order valence-corrected chi connectivity index (χ2v) is 9.35. The van der Waals surface area contributed by atoms with Crippen molar-refractivity contribution < 1.29 is 9.53 Å². The first kappa shape index (κ1) is 19.0. The van der Waals surface area contributed by atoms with Gasteiger partial charge in [-0.05, 0) is 49.2 Å². The van der Waals surface area contributed by atoms with Gasteiger partial charge in [0.2, 0.25) is 0 Å². The molecular weight excluding hydrogens is 414 g/mol. The molecule has 3 aromatic rings. The minimum atomic E-state index is -0.296. The summed E-state index contributed by atoms with van der Waals surface area (Å²) in [6.07, 6.45) is 6.28. The van der Waals surface area contributed by atoms with Crippen LogP contribution >= 0.6 is 11.6 Å². The van der Waals surface area contributed by atoms with Crippen LogP contribution in [0.4, 0.5) is 5.69 Å². The van der Waals surface area contributed by atoms with Crippen molar-refractivity contribution in [1.82, 2.24) is 19.2 Å². The molecule has 2 saturated heterocycles. The van der Waals surface area contributed by atoms with Gasteiger partial charge < -0.3 is 19.5 Å². The number of fused-ring (bicyclic) bond motifs is 4. The number of hydrogen-bond donors (Lipinski definition) is 1. The predicted octanol–water partition coefficient (Wildman–Crippen LogP) is 3.58. The summed E-state index contributed by atoms with van der Waals surface area (Å²) >= 11 is 6.29. The summed E-state index contributed by atoms with van der Waals surface area (Å²) < 4.78 is 10.4. The van der Waals surface area contributed by atoms with E-state index in [1.807, 2.05) is 17.0 Å². The molecule has 6 rings (SSSR count). The van der Waals surface area contributed by atoms with E-state index < -0.39 is 0 Å². The molecule has 7 nitrogen and oxygen atoms in total. The number of carbonyl (C=O) groups is 1. The van der Waals surface area contributed by atoms with E-state index in [2.05, 4.69) is 39.4 Å². The lowest BCUT2D eigenvalue weighted by molar-refractivity contribution is -0.0393. The topological polar surface area (TPSA) is 64.3 Å². The van der Waals surface area contributed by atoms with Crippen molar-refractivity contribution in [2.75, 3.05) is 25.0 Å². The molecule has 3 aliphatic heterocycles. The Kier molecular flexibility index (Phi) is 4.04. The summed E-state index contributed by atoms with van der Waals surface area (Å²) in [5.74, 6) is 0.0378. The lowest BCUT2D eigenvalue weighted by Gasteiger charge is -2.41. The van der Waals surface area contributed by atoms with E-state index in [0.29, 0.717) is 30.4 Å². The minimum absolute atomic E-state index is 0.0378. The molecule has 1 aromatic carbocycles. The SMILES string of the molecule is Cn1nccc1C(=O)N1CCC2(CC1)CC1(CO2)Nc2cc(Cl)ccc2-n2cccc21. The number of aryl methyl sites for hydroxylation is 1. The molecule has 2 spiro atoms. The van der Waals surface area contributed by atoms with Crippen molar-refractivity contribution >= 4 is 23.2 Å². The third-order valence-corrected chi connectivity index (χ3v) is 7.32. The highest BCUT2D eigenvalue weighted by Crippen LogP contribution is 2.50. The maximum Gasteiger partial charge on any atom is 0.272 e. The number of benzene rings is 1. The van der Waals surface area contributed by atoms with Crippen molar-refractivity contribution in [1.29, 1.82) is 0 Å². The van der Waals surface area contributed by atoms with Crippen LogP contribution in [0.3, 0.4) is 0 Å². The number of nitrogens with one attached hydrogen (secondary N) is 1. The van der Waals surface area contributed by atoms with Crippen molar-refractivity contribution in [3.05, 3.63) is 65.2 Å². The smallest absolute Gasteiger partial charge is 0.272 e. The number of amides is 1. The summed E-state index contributed by atoms with van der Waals surface area (Å²) in [5.41, 5.74) is 3.44. The lowest BCUT2D eigenvalue weighted by atomic mass is 9.79. The van der Waals surface area contributed by atoms with Gasteiger partial charge in [-0.15, -0.1) is 0 Å². The quantitative estimate of drug-likeness (QED) is 0.632. The number of halogens is 1. The predicted molar refractivity (Wildman–Crippen MR) is 118 cm³/mol. The molecule has 0 aliphatic carbocycles. The van der Waals surface area contributed by atoms with E-state index in [0.717, 1.165) is 30.6 Å². The molecule has 1 amide bonds. The molecule has 1 N–H and O–H groups in total. The third kappa shape index (κ3) is 2.83. The fourth-order valence-corrected chi connectivity index (χ4v) is 5.65. The van der Waals surface area contributed by atoms with E-state index in [4.69, 9.17) is 16.3 Å². The molecule has 0 radical (unpaired) electrons. The van der Waals surface area contributed by atoms with E-state index in [-0.39, 0.29) is 17.0 Å². The second-order valence-electron chi connectivity index (χ2n) is 8.91. The largest absolute Gasteiger partial charge is 0.372 e. The summed E-state index contributed by atoms with van der Waals surface area (Å²) in [4.78, 5) is 14.8. The monoisotopic (exact) mass is 437 g/mol. The average molecular weight is 438 g/mol. The van der Waals surface area contributed by atoms with E-state index in [9.17, 15) is 4.79 Å². The van der Waals surface area contributed by atoms with Crippen LogP contribution in [0, 0.1) is 0 Å². The number of ether oxygens (including phenoxy) is 1. The van der Waals surface area contributed by atoms with E-state index in [1.165, 1.54) is 5.69 Å². The number of carbonyl (C=O) groups excluding carboxylic acids is 1. The molecule has 31 heavy (non-hydrogen) atoms. The normalized spacial score (nSPS) is 23.6. The zero-order valence-corrected chi connectivity index (χ0v) is 18.1. The molecule has 5 heterocycles. The van der Waals surface area contributed by atoms with Crippen LogP contribution in [-0.2, 0) is 17.3 Å². The van der Waals surface area contributed by atoms with Gasteiger partial charge >= 0.3 is 0 Å². The van der Waals surface area contributed by atoms with Crippen LogP contribution in [0.5, 0.6) is 0 Å². The maximum atomic E-state index is 12.9. The van der Waals surface area contributed by atoms with Crippen molar-refractivity contribution in [2.45, 2.75) is 30.4 Å². The molecule has 1 unspecified atom stereocenters. The molecular formula is C23H24ClN5O2. The molecule has 2 aromatic heterocycles. The Balaban J connectivity index is 1.25. The van der Waals surface area contributed by atoms with Gasteiger partial charge in [-0.2, -0.15) is 5.10 Å². The van der Waals surface area contributed by atoms with Gasteiger partial charge in [0.25, 0.3) is 5.91 Å².